The molecule has 5 aromatic rings. The van der Waals surface area contributed by atoms with E-state index in [4.69, 9.17) is 53.1 Å². The molecule has 28 nitrogen and oxygen atoms in total. The molecule has 0 bridgehead atoms. The summed E-state index contributed by atoms with van der Waals surface area (Å²) in [7, 11) is -1.06. The van der Waals surface area contributed by atoms with Crippen molar-refractivity contribution >= 4 is 82.3 Å². The van der Waals surface area contributed by atoms with E-state index in [1.807, 2.05) is 20.8 Å². The summed E-state index contributed by atoms with van der Waals surface area (Å²) in [5, 5.41) is 16.1. The van der Waals surface area contributed by atoms with Crippen LogP contribution in [0.4, 0.5) is 35.8 Å². The number of carboxylic acids is 1. The highest BCUT2D eigenvalue weighted by molar-refractivity contribution is 7.90. The number of rotatable bonds is 17. The smallest absolute Gasteiger partial charge is 0.431 e. The van der Waals surface area contributed by atoms with Crippen LogP contribution in [0.5, 0.6) is 11.8 Å². The van der Waals surface area contributed by atoms with Gasteiger partial charge in [0.1, 0.15) is 11.7 Å². The van der Waals surface area contributed by atoms with Gasteiger partial charge < -0.3 is 45.5 Å². The predicted octanol–water partition coefficient (Wildman–Crippen LogP) is 4.34. The molecule has 8 N–H and O–H groups in total. The number of amides is 3. The normalized spacial score (nSPS) is 12.1. The van der Waals surface area contributed by atoms with Crippen LogP contribution >= 0.6 is 30.6 Å². The number of methoxy groups -OCH3 is 2. The number of nitrogens with zero attached hydrogens (tertiary/aromatic N) is 9. The number of carbonyl (C=O) groups excluding carboxylic acids is 3. The first-order valence-electron chi connectivity index (χ1n) is 22.6. The van der Waals surface area contributed by atoms with Crippen molar-refractivity contribution in [3.63, 3.8) is 0 Å². The molecule has 0 aliphatic carbocycles. The summed E-state index contributed by atoms with van der Waals surface area (Å²) < 4.78 is 91.9. The van der Waals surface area contributed by atoms with Crippen molar-refractivity contribution in [2.24, 2.45) is 12.8 Å². The van der Waals surface area contributed by atoms with Crippen LogP contribution < -0.4 is 47.1 Å². The fourth-order valence-corrected chi connectivity index (χ4v) is 7.76. The quantitative estimate of drug-likeness (QED) is 0.0503. The highest BCUT2D eigenvalue weighted by Crippen LogP contribution is 2.36. The zero-order valence-electron chi connectivity index (χ0n) is 44.1. The molecule has 1 aromatic carbocycles. The van der Waals surface area contributed by atoms with Gasteiger partial charge in [0.05, 0.1) is 48.2 Å². The maximum absolute atomic E-state index is 12.9. The van der Waals surface area contributed by atoms with Gasteiger partial charge in [0.2, 0.25) is 34.9 Å². The Morgan fingerprint density at radius 3 is 2.01 bits per heavy atom. The van der Waals surface area contributed by atoms with Crippen molar-refractivity contribution < 1.29 is 69.5 Å². The molecular formula is C44H58Cl2F3N14O14PS. The molecule has 4 aromatic heterocycles. The Morgan fingerprint density at radius 2 is 1.51 bits per heavy atom. The second-order valence-corrected chi connectivity index (χ2v) is 21.5. The summed E-state index contributed by atoms with van der Waals surface area (Å²) in [5.74, 6) is -1.60. The van der Waals surface area contributed by atoms with Gasteiger partial charge in [-0.3, -0.25) is 28.8 Å². The first-order valence-corrected chi connectivity index (χ1v) is 27.2. The number of alkyl halides is 3. The van der Waals surface area contributed by atoms with E-state index in [2.05, 4.69) is 45.9 Å². The van der Waals surface area contributed by atoms with Gasteiger partial charge in [-0.1, -0.05) is 11.6 Å². The van der Waals surface area contributed by atoms with Gasteiger partial charge in [-0.05, 0) is 83.0 Å². The van der Waals surface area contributed by atoms with Gasteiger partial charge in [0.15, 0.2) is 12.4 Å². The number of anilines is 3. The van der Waals surface area contributed by atoms with Crippen LogP contribution in [0.1, 0.15) is 67.4 Å². The Labute approximate surface area is 459 Å². The molecule has 2 atom stereocenters. The van der Waals surface area contributed by atoms with E-state index in [9.17, 15) is 54.9 Å². The summed E-state index contributed by atoms with van der Waals surface area (Å²) in [5.41, 5.74) is 0.899. The first-order chi connectivity index (χ1) is 36.5. The summed E-state index contributed by atoms with van der Waals surface area (Å²) in [6.45, 7) is 11.1. The lowest BCUT2D eigenvalue weighted by Gasteiger charge is -2.15. The number of ether oxygens (including phenoxy) is 3. The number of urea groups is 1. The number of hydrogen-bond acceptors (Lipinski definition) is 21. The number of benzene rings is 1. The van der Waals surface area contributed by atoms with Crippen molar-refractivity contribution in [3.05, 3.63) is 96.6 Å². The van der Waals surface area contributed by atoms with E-state index >= 15 is 0 Å². The standard InChI is InChI=1S/C16H14ClF3N2O4.C15H18N6O6S.C8H14ClN5.C5H12NO4P/c1-8(2)26-14(24)10-6-9(4-5-11(10)17)22-13(23)7-12(16(18,19)20)21(3)15(22)25;1-21(2)13(22)9-6-5-7-16-12(9)28(24,25)20-15(23)19-14-17-10(26-3)8-11(18-14)27-4;1-4-10-7-12-6(9)13-8(14-7)11-5(2)3;1-11(9,10)3-2-4(6)5(7)8/h4-8H,1-3H3;5-8H,1-4H3,(H2,17,18,19,20,23);5H,4H2,1-3H3,(H2,10,11,12,13,14);4H,2-3,6H2,1H3,(H,7,8)(H,9,10). The molecule has 0 aliphatic rings. The Balaban J connectivity index is 0.000000384. The highest BCUT2D eigenvalue weighted by atomic mass is 35.5. The monoisotopic (exact) mass is 1200 g/mol. The lowest BCUT2D eigenvalue weighted by Crippen LogP contribution is -2.40. The Morgan fingerprint density at radius 1 is 0.911 bits per heavy atom. The fourth-order valence-electron chi connectivity index (χ4n) is 5.61. The molecule has 79 heavy (non-hydrogen) atoms. The largest absolute Gasteiger partial charge is 0.481 e. The number of esters is 1. The molecule has 0 saturated carbocycles. The number of hydrogen-bond donors (Lipinski definition) is 7. The molecule has 35 heteroatoms. The minimum atomic E-state index is -4.86. The molecule has 0 aliphatic heterocycles. The van der Waals surface area contributed by atoms with Gasteiger partial charge in [0, 0.05) is 58.8 Å². The number of pyridine rings is 1. The number of aromatic nitrogens is 8. The predicted molar refractivity (Wildman–Crippen MR) is 283 cm³/mol. The number of carbonyl (C=O) groups is 4. The first kappa shape index (κ1) is 67.6. The number of carboxylic acid groups (broad SMARTS) is 1. The van der Waals surface area contributed by atoms with Crippen molar-refractivity contribution in [2.75, 3.05) is 63.6 Å². The van der Waals surface area contributed by atoms with Crippen molar-refractivity contribution in [1.82, 2.24) is 48.7 Å². The van der Waals surface area contributed by atoms with E-state index in [0.717, 1.165) is 19.7 Å². The number of aliphatic carboxylic acids is 1. The van der Waals surface area contributed by atoms with Crippen LogP contribution in [-0.4, -0.2) is 152 Å². The molecule has 0 radical (unpaired) electrons. The zero-order valence-corrected chi connectivity index (χ0v) is 47.3. The van der Waals surface area contributed by atoms with Crippen molar-refractivity contribution in [2.45, 2.75) is 70.4 Å². The van der Waals surface area contributed by atoms with Gasteiger partial charge in [0.25, 0.3) is 21.5 Å². The third kappa shape index (κ3) is 22.0. The molecule has 0 fully saturated rings. The van der Waals surface area contributed by atoms with Gasteiger partial charge in [-0.25, -0.2) is 28.7 Å². The third-order valence-corrected chi connectivity index (χ3v) is 12.0. The Hall–Kier alpha value is -7.51. The van der Waals surface area contributed by atoms with Gasteiger partial charge in [-0.15, -0.1) is 0 Å². The second kappa shape index (κ2) is 30.0. The zero-order chi connectivity index (χ0) is 60.3. The van der Waals surface area contributed by atoms with E-state index in [0.29, 0.717) is 27.1 Å². The maximum Gasteiger partial charge on any atom is 0.431 e. The lowest BCUT2D eigenvalue weighted by molar-refractivity contribution is -0.144. The molecule has 0 spiro atoms. The topological polar surface area (TPSA) is 386 Å². The van der Waals surface area contributed by atoms with Crippen LogP contribution in [0.15, 0.2) is 63.3 Å². The van der Waals surface area contributed by atoms with E-state index in [-0.39, 0.29) is 63.5 Å². The minimum absolute atomic E-state index is 0.0104. The summed E-state index contributed by atoms with van der Waals surface area (Å²) in [6.07, 6.45) is -4.11. The van der Waals surface area contributed by atoms with Crippen molar-refractivity contribution in [3.8, 4) is 17.4 Å². The van der Waals surface area contributed by atoms with Gasteiger partial charge >= 0.3 is 29.8 Å². The van der Waals surface area contributed by atoms with Crippen LogP contribution in [0, 0.1) is 0 Å². The lowest BCUT2D eigenvalue weighted by atomic mass is 10.2. The van der Waals surface area contributed by atoms with E-state index in [1.165, 1.54) is 76.4 Å². The number of nitrogens with two attached hydrogens (primary N) is 1. The van der Waals surface area contributed by atoms with Crippen LogP contribution in [0.25, 0.3) is 5.69 Å². The molecule has 2 unspecified atom stereocenters. The Bertz CT molecular complexity index is 3220. The minimum Gasteiger partial charge on any atom is -0.481 e. The SMILES string of the molecule is CC(C)OC(=O)c1cc(-n2c(=O)cc(C(F)(F)F)n(C)c2=O)ccc1Cl.CCNc1nc(Cl)nc(NC(C)C)n1.COc1cc(OC)nc(NC(=O)NS(=O)(=O)c2ncccc2C(=O)N(C)C)n1.CP(=O)(O)CCC(N)C(=O)O. The van der Waals surface area contributed by atoms with Crippen LogP contribution in [0.2, 0.25) is 10.3 Å². The van der Waals surface area contributed by atoms with Gasteiger partial charge in [-0.2, -0.15) is 46.5 Å². The third-order valence-electron chi connectivity index (χ3n) is 9.13. The molecule has 5 rings (SSSR count). The molecule has 434 valence electrons. The molecule has 4 heterocycles. The van der Waals surface area contributed by atoms with Crippen LogP contribution in [0.3, 0.4) is 0 Å². The average molecular weight is 1200 g/mol. The van der Waals surface area contributed by atoms with Crippen molar-refractivity contribution in [1.29, 1.82) is 0 Å². The molecular weight excluding hydrogens is 1140 g/mol. The second-order valence-electron chi connectivity index (χ2n) is 16.6. The summed E-state index contributed by atoms with van der Waals surface area (Å²) in [6, 6.07) is 6.05. The summed E-state index contributed by atoms with van der Waals surface area (Å²) in [4.78, 5) is 104. The number of halogens is 5. The average Bonchev–Trinajstić information content (AvgIpc) is 3.34. The van der Waals surface area contributed by atoms with Crippen LogP contribution in [-0.2, 0) is 37.3 Å². The molecule has 3 amide bonds. The maximum atomic E-state index is 12.9. The Kier molecular flexibility index (Phi) is 25.7. The summed E-state index contributed by atoms with van der Waals surface area (Å²) >= 11 is 11.7. The van der Waals surface area contributed by atoms with E-state index in [1.54, 1.807) is 18.6 Å². The molecule has 0 saturated heterocycles. The fraction of sp³-hybridized carbons (Fsp3) is 0.409. The van der Waals surface area contributed by atoms with E-state index < -0.39 is 81.6 Å². The number of nitrogens with one attached hydrogen (secondary N) is 4. The highest BCUT2D eigenvalue weighted by Gasteiger charge is 2.35. The number of sulfonamides is 1.